The number of nitrogens with zero attached hydrogens (tertiary/aromatic N) is 2. The third-order valence-corrected chi connectivity index (χ3v) is 6.20. The van der Waals surface area contributed by atoms with Crippen LogP contribution in [-0.4, -0.2) is 52.3 Å². The molecule has 1 atom stereocenters. The maximum atomic E-state index is 12.6. The highest BCUT2D eigenvalue weighted by Gasteiger charge is 2.34. The lowest BCUT2D eigenvalue weighted by atomic mass is 10.1. The smallest absolute Gasteiger partial charge is 0.293 e. The van der Waals surface area contributed by atoms with E-state index in [0.29, 0.717) is 18.0 Å². The number of rotatable bonds is 7. The van der Waals surface area contributed by atoms with E-state index in [0.717, 1.165) is 54.1 Å². The summed E-state index contributed by atoms with van der Waals surface area (Å²) in [6.45, 7) is 3.82. The average molecular weight is 428 g/mol. The highest BCUT2D eigenvalue weighted by molar-refractivity contribution is 8.18. The van der Waals surface area contributed by atoms with Crippen LogP contribution in [0.15, 0.2) is 35.4 Å². The number of amides is 3. The van der Waals surface area contributed by atoms with Gasteiger partial charge in [-0.2, -0.15) is 0 Å². The highest BCUT2D eigenvalue weighted by Crippen LogP contribution is 2.34. The molecule has 8 heteroatoms. The predicted molar refractivity (Wildman–Crippen MR) is 117 cm³/mol. The van der Waals surface area contributed by atoms with Gasteiger partial charge in [0, 0.05) is 42.4 Å². The SMILES string of the molecule is CCCN1C(=O)S/C(=C\c2cn(CC(=O)NC[C@H]3CCCO3)c3ccccc23)C1=O. The number of benzene rings is 1. The van der Waals surface area contributed by atoms with Gasteiger partial charge in [0.25, 0.3) is 11.1 Å². The first-order valence-corrected chi connectivity index (χ1v) is 11.1. The van der Waals surface area contributed by atoms with E-state index in [4.69, 9.17) is 4.74 Å². The van der Waals surface area contributed by atoms with Crippen LogP contribution in [-0.2, 0) is 20.9 Å². The molecular weight excluding hydrogens is 402 g/mol. The lowest BCUT2D eigenvalue weighted by Gasteiger charge is -2.11. The molecule has 30 heavy (non-hydrogen) atoms. The Morgan fingerprint density at radius 1 is 1.33 bits per heavy atom. The van der Waals surface area contributed by atoms with Crippen LogP contribution >= 0.6 is 11.8 Å². The van der Waals surface area contributed by atoms with Crippen molar-refractivity contribution in [2.24, 2.45) is 0 Å². The van der Waals surface area contributed by atoms with E-state index in [2.05, 4.69) is 5.32 Å². The predicted octanol–water partition coefficient (Wildman–Crippen LogP) is 3.38. The van der Waals surface area contributed by atoms with Gasteiger partial charge in [-0.1, -0.05) is 25.1 Å². The molecule has 0 spiro atoms. The summed E-state index contributed by atoms with van der Waals surface area (Å²) in [5.41, 5.74) is 1.73. The van der Waals surface area contributed by atoms with Crippen LogP contribution in [0.2, 0.25) is 0 Å². The lowest BCUT2D eigenvalue weighted by Crippen LogP contribution is -2.34. The van der Waals surface area contributed by atoms with Crippen LogP contribution in [0.4, 0.5) is 4.79 Å². The number of imide groups is 1. The van der Waals surface area contributed by atoms with Gasteiger partial charge in [-0.25, -0.2) is 0 Å². The molecule has 2 saturated heterocycles. The van der Waals surface area contributed by atoms with Crippen LogP contribution in [0.1, 0.15) is 31.7 Å². The van der Waals surface area contributed by atoms with Gasteiger partial charge in [0.2, 0.25) is 5.91 Å². The van der Waals surface area contributed by atoms with Crippen molar-refractivity contribution < 1.29 is 19.1 Å². The molecule has 7 nitrogen and oxygen atoms in total. The molecular formula is C22H25N3O4S. The summed E-state index contributed by atoms with van der Waals surface area (Å²) >= 11 is 0.967. The van der Waals surface area contributed by atoms with Gasteiger partial charge in [0.1, 0.15) is 6.54 Å². The number of thioether (sulfide) groups is 1. The second kappa shape index (κ2) is 9.06. The van der Waals surface area contributed by atoms with Gasteiger partial charge in [0.15, 0.2) is 0 Å². The second-order valence-electron chi connectivity index (χ2n) is 7.50. The average Bonchev–Trinajstić information content (AvgIpc) is 3.44. The summed E-state index contributed by atoms with van der Waals surface area (Å²) in [5.74, 6) is -0.334. The maximum Gasteiger partial charge on any atom is 0.293 e. The standard InChI is InChI=1S/C22H25N3O4S/c1-2-9-25-21(27)19(30-22(25)28)11-15-13-24(18-8-4-3-7-17(15)18)14-20(26)23-12-16-6-5-10-29-16/h3-4,7-8,11,13,16H,2,5-6,9-10,12,14H2,1H3,(H,23,26)/b19-11-/t16-/m1/s1. The minimum Gasteiger partial charge on any atom is -0.376 e. The Hall–Kier alpha value is -2.58. The Balaban J connectivity index is 1.54. The minimum atomic E-state index is -0.252. The Kier molecular flexibility index (Phi) is 6.24. The van der Waals surface area contributed by atoms with Crippen LogP contribution in [0, 0.1) is 0 Å². The molecule has 2 fully saturated rings. The first kappa shape index (κ1) is 20.7. The largest absolute Gasteiger partial charge is 0.376 e. The molecule has 3 heterocycles. The Bertz CT molecular complexity index is 1010. The molecule has 2 aromatic rings. The second-order valence-corrected chi connectivity index (χ2v) is 8.50. The van der Waals surface area contributed by atoms with Crippen molar-refractivity contribution in [1.82, 2.24) is 14.8 Å². The van der Waals surface area contributed by atoms with Crippen molar-refractivity contribution in [3.8, 4) is 0 Å². The van der Waals surface area contributed by atoms with E-state index < -0.39 is 0 Å². The molecule has 0 saturated carbocycles. The molecule has 0 radical (unpaired) electrons. The zero-order chi connectivity index (χ0) is 21.1. The van der Waals surface area contributed by atoms with Crippen LogP contribution in [0.3, 0.4) is 0 Å². The molecule has 1 aromatic heterocycles. The van der Waals surface area contributed by atoms with Gasteiger partial charge in [-0.3, -0.25) is 19.3 Å². The molecule has 2 aliphatic heterocycles. The Labute approximate surface area is 179 Å². The summed E-state index contributed by atoms with van der Waals surface area (Å²) in [4.78, 5) is 38.9. The third-order valence-electron chi connectivity index (χ3n) is 5.29. The zero-order valence-electron chi connectivity index (χ0n) is 16.9. The van der Waals surface area contributed by atoms with Gasteiger partial charge < -0.3 is 14.6 Å². The van der Waals surface area contributed by atoms with E-state index in [1.165, 1.54) is 4.90 Å². The van der Waals surface area contributed by atoms with Crippen molar-refractivity contribution in [3.63, 3.8) is 0 Å². The fourth-order valence-electron chi connectivity index (χ4n) is 3.82. The van der Waals surface area contributed by atoms with Crippen molar-refractivity contribution in [2.75, 3.05) is 19.7 Å². The van der Waals surface area contributed by atoms with E-state index >= 15 is 0 Å². The van der Waals surface area contributed by atoms with Gasteiger partial charge in [0.05, 0.1) is 11.0 Å². The van der Waals surface area contributed by atoms with E-state index in [9.17, 15) is 14.4 Å². The van der Waals surface area contributed by atoms with E-state index in [1.54, 1.807) is 6.08 Å². The monoisotopic (exact) mass is 427 g/mol. The van der Waals surface area contributed by atoms with Crippen LogP contribution in [0.5, 0.6) is 0 Å². The van der Waals surface area contributed by atoms with Crippen molar-refractivity contribution in [3.05, 3.63) is 40.9 Å². The summed E-state index contributed by atoms with van der Waals surface area (Å²) in [5, 5.41) is 3.65. The highest BCUT2D eigenvalue weighted by atomic mass is 32.2. The summed E-state index contributed by atoms with van der Waals surface area (Å²) in [6.07, 6.45) is 6.46. The fourth-order valence-corrected chi connectivity index (χ4v) is 4.68. The number of aromatic nitrogens is 1. The summed E-state index contributed by atoms with van der Waals surface area (Å²) in [6, 6.07) is 7.74. The number of nitrogens with one attached hydrogen (secondary N) is 1. The minimum absolute atomic E-state index is 0.0823. The zero-order valence-corrected chi connectivity index (χ0v) is 17.7. The molecule has 0 aliphatic carbocycles. The van der Waals surface area contributed by atoms with Crippen molar-refractivity contribution in [2.45, 2.75) is 38.8 Å². The normalized spacial score (nSPS) is 20.6. The van der Waals surface area contributed by atoms with Crippen molar-refractivity contribution >= 4 is 45.8 Å². The number of fused-ring (bicyclic) bond motifs is 1. The summed E-state index contributed by atoms with van der Waals surface area (Å²) < 4.78 is 7.43. The molecule has 1 N–H and O–H groups in total. The van der Waals surface area contributed by atoms with Crippen LogP contribution in [0.25, 0.3) is 17.0 Å². The molecule has 3 amide bonds. The number of carbonyl (C=O) groups is 3. The van der Waals surface area contributed by atoms with Crippen LogP contribution < -0.4 is 5.32 Å². The third kappa shape index (κ3) is 4.29. The van der Waals surface area contributed by atoms with E-state index in [-0.39, 0.29) is 29.7 Å². The summed E-state index contributed by atoms with van der Waals surface area (Å²) in [7, 11) is 0. The fraction of sp³-hybridized carbons (Fsp3) is 0.409. The quantitative estimate of drug-likeness (QED) is 0.685. The lowest BCUT2D eigenvalue weighted by molar-refractivity contribution is -0.123. The van der Waals surface area contributed by atoms with Gasteiger partial charge >= 0.3 is 0 Å². The molecule has 1 aromatic carbocycles. The molecule has 158 valence electrons. The molecule has 2 aliphatic rings. The molecule has 0 bridgehead atoms. The molecule has 0 unspecified atom stereocenters. The van der Waals surface area contributed by atoms with Gasteiger partial charge in [-0.15, -0.1) is 0 Å². The van der Waals surface area contributed by atoms with Crippen molar-refractivity contribution in [1.29, 1.82) is 0 Å². The van der Waals surface area contributed by atoms with Gasteiger partial charge in [-0.05, 0) is 43.2 Å². The number of hydrogen-bond donors (Lipinski definition) is 1. The topological polar surface area (TPSA) is 80.6 Å². The maximum absolute atomic E-state index is 12.6. The number of para-hydroxylation sites is 1. The molecule has 4 rings (SSSR count). The number of hydrogen-bond acceptors (Lipinski definition) is 5. The Morgan fingerprint density at radius 2 is 2.17 bits per heavy atom. The Morgan fingerprint density at radius 3 is 2.93 bits per heavy atom. The number of ether oxygens (including phenoxy) is 1. The first-order valence-electron chi connectivity index (χ1n) is 10.3. The van der Waals surface area contributed by atoms with E-state index in [1.807, 2.05) is 42.0 Å². The first-order chi connectivity index (χ1) is 14.6. The number of carbonyl (C=O) groups excluding carboxylic acids is 3.